The average molecular weight is 184 g/mol. The van der Waals surface area contributed by atoms with E-state index in [4.69, 9.17) is 0 Å². The van der Waals surface area contributed by atoms with Crippen molar-refractivity contribution in [3.05, 3.63) is 47.5 Å². The molecule has 1 unspecified atom stereocenters. The maximum Gasteiger partial charge on any atom is 0.164 e. The molecule has 0 spiro atoms. The summed E-state index contributed by atoms with van der Waals surface area (Å²) in [6.07, 6.45) is 1.88. The molecule has 1 nitrogen and oxygen atoms in total. The van der Waals surface area contributed by atoms with Crippen molar-refractivity contribution in [2.24, 2.45) is 0 Å². The average Bonchev–Trinajstić information content (AvgIpc) is 2.10. The van der Waals surface area contributed by atoms with E-state index in [1.807, 2.05) is 0 Å². The fraction of sp³-hybridized carbons (Fsp3) is 0.200. The van der Waals surface area contributed by atoms with Gasteiger partial charge >= 0.3 is 0 Å². The molecule has 1 aromatic carbocycles. The Morgan fingerprint density at radius 1 is 1.38 bits per heavy atom. The molecule has 1 N–H and O–H groups in total. The monoisotopic (exact) mass is 184 g/mol. The van der Waals surface area contributed by atoms with Crippen LogP contribution in [0.5, 0.6) is 0 Å². The highest BCUT2D eigenvalue weighted by molar-refractivity contribution is 5.24. The van der Waals surface area contributed by atoms with Crippen molar-refractivity contribution in [3.63, 3.8) is 0 Å². The van der Waals surface area contributed by atoms with Crippen molar-refractivity contribution >= 4 is 0 Å². The van der Waals surface area contributed by atoms with Crippen molar-refractivity contribution in [2.45, 2.75) is 13.0 Å². The second kappa shape index (κ2) is 4.14. The van der Waals surface area contributed by atoms with Crippen LogP contribution in [-0.4, -0.2) is 5.11 Å². The van der Waals surface area contributed by atoms with Crippen molar-refractivity contribution in [1.29, 1.82) is 0 Å². The van der Waals surface area contributed by atoms with Gasteiger partial charge in [0.1, 0.15) is 6.10 Å². The van der Waals surface area contributed by atoms with Gasteiger partial charge in [-0.2, -0.15) is 0 Å². The standard InChI is InChI=1S/C10H10F2O/c1-2-4-9(13)7-5-3-6-8(11)10(7)12/h2-6,9,13H,1H3/b4-2+. The van der Waals surface area contributed by atoms with Crippen molar-refractivity contribution in [1.82, 2.24) is 0 Å². The molecule has 0 aliphatic heterocycles. The number of benzene rings is 1. The van der Waals surface area contributed by atoms with Crippen LogP contribution in [0.2, 0.25) is 0 Å². The Hall–Kier alpha value is -1.22. The van der Waals surface area contributed by atoms with Gasteiger partial charge in [-0.3, -0.25) is 0 Å². The molecule has 1 atom stereocenters. The highest BCUT2D eigenvalue weighted by atomic mass is 19.2. The quantitative estimate of drug-likeness (QED) is 0.700. The Balaban J connectivity index is 3.07. The maximum atomic E-state index is 13.0. The lowest BCUT2D eigenvalue weighted by Crippen LogP contribution is -1.99. The molecule has 0 amide bonds. The Morgan fingerprint density at radius 3 is 2.69 bits per heavy atom. The molecule has 3 heteroatoms. The van der Waals surface area contributed by atoms with E-state index in [1.165, 1.54) is 18.2 Å². The van der Waals surface area contributed by atoms with Crippen LogP contribution < -0.4 is 0 Å². The molecule has 0 fully saturated rings. The largest absolute Gasteiger partial charge is 0.384 e. The van der Waals surface area contributed by atoms with Gasteiger partial charge in [-0.15, -0.1) is 0 Å². The van der Waals surface area contributed by atoms with Crippen molar-refractivity contribution in [3.8, 4) is 0 Å². The SMILES string of the molecule is C/C=C/C(O)c1cccc(F)c1F. The zero-order chi connectivity index (χ0) is 9.84. The lowest BCUT2D eigenvalue weighted by molar-refractivity contribution is 0.221. The number of aliphatic hydroxyl groups is 1. The van der Waals surface area contributed by atoms with Crippen molar-refractivity contribution in [2.75, 3.05) is 0 Å². The summed E-state index contributed by atoms with van der Waals surface area (Å²) in [4.78, 5) is 0. The molecule has 0 saturated heterocycles. The normalized spacial score (nSPS) is 13.5. The van der Waals surface area contributed by atoms with Gasteiger partial charge in [0, 0.05) is 5.56 Å². The molecule has 0 aromatic heterocycles. The van der Waals surface area contributed by atoms with Crippen LogP contribution in [0.25, 0.3) is 0 Å². The Kier molecular flexibility index (Phi) is 3.14. The van der Waals surface area contributed by atoms with E-state index in [2.05, 4.69) is 0 Å². The summed E-state index contributed by atoms with van der Waals surface area (Å²) < 4.78 is 25.7. The van der Waals surface area contributed by atoms with Crippen LogP contribution >= 0.6 is 0 Å². The highest BCUT2D eigenvalue weighted by Crippen LogP contribution is 2.19. The highest BCUT2D eigenvalue weighted by Gasteiger charge is 2.12. The van der Waals surface area contributed by atoms with E-state index in [0.29, 0.717) is 0 Å². The summed E-state index contributed by atoms with van der Waals surface area (Å²) in [6.45, 7) is 1.69. The first-order chi connectivity index (χ1) is 6.16. The lowest BCUT2D eigenvalue weighted by Gasteiger charge is -2.06. The number of allylic oxidation sites excluding steroid dienone is 1. The van der Waals surface area contributed by atoms with E-state index >= 15 is 0 Å². The van der Waals surface area contributed by atoms with E-state index < -0.39 is 17.7 Å². The van der Waals surface area contributed by atoms with Crippen LogP contribution in [0, 0.1) is 11.6 Å². The second-order valence-corrected chi connectivity index (χ2v) is 2.61. The van der Waals surface area contributed by atoms with Crippen LogP contribution in [0.1, 0.15) is 18.6 Å². The number of rotatable bonds is 2. The summed E-state index contributed by atoms with van der Waals surface area (Å²) in [5, 5.41) is 9.33. The van der Waals surface area contributed by atoms with E-state index in [0.717, 1.165) is 6.07 Å². The molecule has 0 aliphatic rings. The third-order valence-corrected chi connectivity index (χ3v) is 1.67. The van der Waals surface area contributed by atoms with Crippen LogP contribution in [-0.2, 0) is 0 Å². The fourth-order valence-electron chi connectivity index (χ4n) is 1.03. The van der Waals surface area contributed by atoms with Gasteiger partial charge in [0.25, 0.3) is 0 Å². The van der Waals surface area contributed by atoms with E-state index in [9.17, 15) is 13.9 Å². The first kappa shape index (κ1) is 9.86. The molecule has 0 bridgehead atoms. The second-order valence-electron chi connectivity index (χ2n) is 2.61. The first-order valence-electron chi connectivity index (χ1n) is 3.91. The van der Waals surface area contributed by atoms with Crippen LogP contribution in [0.4, 0.5) is 8.78 Å². The van der Waals surface area contributed by atoms with Gasteiger partial charge in [-0.1, -0.05) is 24.3 Å². The smallest absolute Gasteiger partial charge is 0.164 e. The number of hydrogen-bond donors (Lipinski definition) is 1. The molecular weight excluding hydrogens is 174 g/mol. The topological polar surface area (TPSA) is 20.2 Å². The molecule has 1 rings (SSSR count). The zero-order valence-corrected chi connectivity index (χ0v) is 7.17. The number of aliphatic hydroxyl groups excluding tert-OH is 1. The molecule has 0 radical (unpaired) electrons. The first-order valence-corrected chi connectivity index (χ1v) is 3.91. The third-order valence-electron chi connectivity index (χ3n) is 1.67. The minimum atomic E-state index is -1.08. The van der Waals surface area contributed by atoms with Gasteiger partial charge < -0.3 is 5.11 Å². The van der Waals surface area contributed by atoms with Gasteiger partial charge in [-0.05, 0) is 13.0 Å². The zero-order valence-electron chi connectivity index (χ0n) is 7.17. The summed E-state index contributed by atoms with van der Waals surface area (Å²) >= 11 is 0. The lowest BCUT2D eigenvalue weighted by atomic mass is 10.1. The van der Waals surface area contributed by atoms with Gasteiger partial charge in [0.05, 0.1) is 0 Å². The summed E-state index contributed by atoms with van der Waals surface area (Å²) in [6, 6.07) is 3.73. The van der Waals surface area contributed by atoms with Crippen LogP contribution in [0.15, 0.2) is 30.4 Å². The van der Waals surface area contributed by atoms with Crippen molar-refractivity contribution < 1.29 is 13.9 Å². The van der Waals surface area contributed by atoms with Gasteiger partial charge in [0.15, 0.2) is 11.6 Å². The minimum absolute atomic E-state index is 0.0434. The molecule has 0 heterocycles. The fourth-order valence-corrected chi connectivity index (χ4v) is 1.03. The Morgan fingerprint density at radius 2 is 2.08 bits per heavy atom. The molecular formula is C10H10F2O. The minimum Gasteiger partial charge on any atom is -0.384 e. The summed E-state index contributed by atoms with van der Waals surface area (Å²) in [7, 11) is 0. The number of halogens is 2. The molecule has 0 saturated carbocycles. The van der Waals surface area contributed by atoms with Gasteiger partial charge in [0.2, 0.25) is 0 Å². The maximum absolute atomic E-state index is 13.0. The Bertz CT molecular complexity index is 321. The summed E-state index contributed by atoms with van der Waals surface area (Å²) in [5.41, 5.74) is -0.0434. The van der Waals surface area contributed by atoms with Gasteiger partial charge in [-0.25, -0.2) is 8.78 Å². The predicted octanol–water partition coefficient (Wildman–Crippen LogP) is 2.57. The molecule has 70 valence electrons. The molecule has 1 aromatic rings. The number of hydrogen-bond acceptors (Lipinski definition) is 1. The van der Waals surface area contributed by atoms with Crippen LogP contribution in [0.3, 0.4) is 0 Å². The molecule has 0 aliphatic carbocycles. The predicted molar refractivity (Wildman–Crippen MR) is 46.1 cm³/mol. The summed E-state index contributed by atoms with van der Waals surface area (Å²) in [5.74, 6) is -1.94. The van der Waals surface area contributed by atoms with E-state index in [1.54, 1.807) is 13.0 Å². The Labute approximate surface area is 75.3 Å². The van der Waals surface area contributed by atoms with E-state index in [-0.39, 0.29) is 5.56 Å². The third kappa shape index (κ3) is 2.12. The molecule has 13 heavy (non-hydrogen) atoms.